The molecule has 84 valence electrons. The average molecular weight is 218 g/mol. The van der Waals surface area contributed by atoms with Crippen LogP contribution in [0.2, 0.25) is 0 Å². The molecule has 16 heavy (non-hydrogen) atoms. The summed E-state index contributed by atoms with van der Waals surface area (Å²) in [6.45, 7) is 2.04. The van der Waals surface area contributed by atoms with E-state index in [4.69, 9.17) is 5.73 Å². The van der Waals surface area contributed by atoms with Crippen molar-refractivity contribution < 1.29 is 0 Å². The highest BCUT2D eigenvalue weighted by atomic mass is 15.4. The van der Waals surface area contributed by atoms with Gasteiger partial charge in [-0.2, -0.15) is 14.6 Å². The maximum Gasteiger partial charge on any atom is 0.230 e. The molecule has 2 aromatic heterocycles. The van der Waals surface area contributed by atoms with Crippen LogP contribution < -0.4 is 10.6 Å². The van der Waals surface area contributed by atoms with Crippen LogP contribution in [-0.2, 0) is 0 Å². The van der Waals surface area contributed by atoms with E-state index in [1.54, 1.807) is 10.6 Å². The molecule has 3 rings (SSSR count). The molecule has 0 spiro atoms. The fraction of sp³-hybridized carbons (Fsp3) is 0.500. The van der Waals surface area contributed by atoms with Gasteiger partial charge in [0, 0.05) is 19.2 Å². The van der Waals surface area contributed by atoms with Crippen molar-refractivity contribution in [3.05, 3.63) is 12.4 Å². The van der Waals surface area contributed by atoms with E-state index in [-0.39, 0.29) is 0 Å². The summed E-state index contributed by atoms with van der Waals surface area (Å²) in [5.74, 6) is 1.31. The fourth-order valence-electron chi connectivity index (χ4n) is 2.13. The SMILES string of the molecule is Nc1cc2ncnn2c(N2CCCCC2)n1. The lowest BCUT2D eigenvalue weighted by atomic mass is 10.1. The Morgan fingerprint density at radius 2 is 2.00 bits per heavy atom. The molecular weight excluding hydrogens is 204 g/mol. The topological polar surface area (TPSA) is 72.3 Å². The molecule has 0 amide bonds. The molecule has 1 fully saturated rings. The number of hydrogen-bond acceptors (Lipinski definition) is 5. The molecule has 1 aliphatic rings. The Kier molecular flexibility index (Phi) is 2.12. The summed E-state index contributed by atoms with van der Waals surface area (Å²) < 4.78 is 1.75. The van der Waals surface area contributed by atoms with Gasteiger partial charge in [-0.1, -0.05) is 0 Å². The second-order valence-corrected chi connectivity index (χ2v) is 4.06. The van der Waals surface area contributed by atoms with Crippen molar-refractivity contribution in [1.29, 1.82) is 0 Å². The molecule has 0 aromatic carbocycles. The zero-order valence-corrected chi connectivity index (χ0v) is 9.00. The Bertz CT molecular complexity index is 499. The molecular formula is C10H14N6. The molecule has 0 bridgehead atoms. The molecule has 3 heterocycles. The van der Waals surface area contributed by atoms with Gasteiger partial charge in [-0.25, -0.2) is 4.98 Å². The van der Waals surface area contributed by atoms with Crippen molar-refractivity contribution in [3.8, 4) is 0 Å². The number of piperidine rings is 1. The third-order valence-corrected chi connectivity index (χ3v) is 2.91. The lowest BCUT2D eigenvalue weighted by Crippen LogP contribution is -2.32. The fourth-order valence-corrected chi connectivity index (χ4v) is 2.13. The molecule has 0 radical (unpaired) electrons. The molecule has 2 N–H and O–H groups in total. The lowest BCUT2D eigenvalue weighted by Gasteiger charge is -2.27. The highest BCUT2D eigenvalue weighted by Gasteiger charge is 2.16. The van der Waals surface area contributed by atoms with E-state index in [1.807, 2.05) is 0 Å². The van der Waals surface area contributed by atoms with E-state index in [1.165, 1.54) is 25.6 Å². The standard InChI is InChI=1S/C10H14N6/c11-8-6-9-12-7-13-16(9)10(14-8)15-4-2-1-3-5-15/h6-7H,1-5,11H2. The summed E-state index contributed by atoms with van der Waals surface area (Å²) in [6.07, 6.45) is 5.22. The second-order valence-electron chi connectivity index (χ2n) is 4.06. The quantitative estimate of drug-likeness (QED) is 0.762. The number of nitrogen functional groups attached to an aromatic ring is 1. The van der Waals surface area contributed by atoms with Crippen molar-refractivity contribution in [2.75, 3.05) is 23.7 Å². The van der Waals surface area contributed by atoms with Gasteiger partial charge in [-0.15, -0.1) is 0 Å². The van der Waals surface area contributed by atoms with Gasteiger partial charge >= 0.3 is 0 Å². The van der Waals surface area contributed by atoms with Crippen molar-refractivity contribution in [1.82, 2.24) is 19.6 Å². The predicted molar refractivity (Wildman–Crippen MR) is 61.3 cm³/mol. The minimum atomic E-state index is 0.501. The summed E-state index contributed by atoms with van der Waals surface area (Å²) in [6, 6.07) is 1.74. The first-order valence-electron chi connectivity index (χ1n) is 5.56. The minimum Gasteiger partial charge on any atom is -0.383 e. The van der Waals surface area contributed by atoms with Crippen molar-refractivity contribution in [2.45, 2.75) is 19.3 Å². The van der Waals surface area contributed by atoms with Crippen molar-refractivity contribution in [3.63, 3.8) is 0 Å². The number of aromatic nitrogens is 4. The predicted octanol–water partition coefficient (Wildman–Crippen LogP) is 0.697. The second kappa shape index (κ2) is 3.62. The summed E-state index contributed by atoms with van der Waals surface area (Å²) in [7, 11) is 0. The van der Waals surface area contributed by atoms with E-state index in [0.717, 1.165) is 24.7 Å². The molecule has 1 aliphatic heterocycles. The van der Waals surface area contributed by atoms with Crippen LogP contribution in [0, 0.1) is 0 Å². The van der Waals surface area contributed by atoms with E-state index < -0.39 is 0 Å². The third-order valence-electron chi connectivity index (χ3n) is 2.91. The normalized spacial score (nSPS) is 16.9. The van der Waals surface area contributed by atoms with Gasteiger partial charge in [-0.05, 0) is 19.3 Å². The molecule has 1 saturated heterocycles. The smallest absolute Gasteiger partial charge is 0.230 e. The maximum absolute atomic E-state index is 5.77. The Hall–Kier alpha value is -1.85. The number of rotatable bonds is 1. The zero-order chi connectivity index (χ0) is 11.0. The summed E-state index contributed by atoms with van der Waals surface area (Å²) in [4.78, 5) is 10.7. The van der Waals surface area contributed by atoms with Gasteiger partial charge in [0.15, 0.2) is 5.65 Å². The Balaban J connectivity index is 2.09. The molecule has 0 atom stereocenters. The highest BCUT2D eigenvalue weighted by Crippen LogP contribution is 2.19. The zero-order valence-electron chi connectivity index (χ0n) is 9.00. The van der Waals surface area contributed by atoms with E-state index in [2.05, 4.69) is 20.0 Å². The number of anilines is 2. The molecule has 2 aromatic rings. The average Bonchev–Trinajstić information content (AvgIpc) is 2.77. The minimum absolute atomic E-state index is 0.501. The monoisotopic (exact) mass is 218 g/mol. The number of nitrogens with two attached hydrogens (primary N) is 1. The van der Waals surface area contributed by atoms with Crippen molar-refractivity contribution >= 4 is 17.4 Å². The molecule has 6 heteroatoms. The van der Waals surface area contributed by atoms with Crippen LogP contribution in [0.15, 0.2) is 12.4 Å². The Morgan fingerprint density at radius 3 is 2.81 bits per heavy atom. The van der Waals surface area contributed by atoms with Gasteiger partial charge in [0.25, 0.3) is 0 Å². The first-order valence-corrected chi connectivity index (χ1v) is 5.56. The van der Waals surface area contributed by atoms with E-state index >= 15 is 0 Å². The van der Waals surface area contributed by atoms with Crippen molar-refractivity contribution in [2.24, 2.45) is 0 Å². The molecule has 0 aliphatic carbocycles. The van der Waals surface area contributed by atoms with Gasteiger partial charge in [0.2, 0.25) is 5.95 Å². The van der Waals surface area contributed by atoms with Crippen LogP contribution in [-0.4, -0.2) is 32.7 Å². The van der Waals surface area contributed by atoms with Crippen LogP contribution in [0.4, 0.5) is 11.8 Å². The lowest BCUT2D eigenvalue weighted by molar-refractivity contribution is 0.563. The Labute approximate surface area is 93.1 Å². The van der Waals surface area contributed by atoms with E-state index in [9.17, 15) is 0 Å². The van der Waals surface area contributed by atoms with Gasteiger partial charge in [-0.3, -0.25) is 0 Å². The molecule has 0 saturated carbocycles. The van der Waals surface area contributed by atoms with Crippen LogP contribution >= 0.6 is 0 Å². The van der Waals surface area contributed by atoms with Crippen LogP contribution in [0.3, 0.4) is 0 Å². The summed E-state index contributed by atoms with van der Waals surface area (Å²) in [5.41, 5.74) is 6.53. The molecule has 0 unspecified atom stereocenters. The largest absolute Gasteiger partial charge is 0.383 e. The Morgan fingerprint density at radius 1 is 1.19 bits per heavy atom. The van der Waals surface area contributed by atoms with Crippen LogP contribution in [0.5, 0.6) is 0 Å². The maximum atomic E-state index is 5.77. The summed E-state index contributed by atoms with van der Waals surface area (Å²) in [5, 5.41) is 4.18. The first-order chi connectivity index (χ1) is 7.84. The van der Waals surface area contributed by atoms with Gasteiger partial charge in [0.05, 0.1) is 0 Å². The highest BCUT2D eigenvalue weighted by molar-refractivity contribution is 5.53. The third kappa shape index (κ3) is 1.46. The van der Waals surface area contributed by atoms with Gasteiger partial charge in [0.1, 0.15) is 12.1 Å². The van der Waals surface area contributed by atoms with Gasteiger partial charge < -0.3 is 10.6 Å². The van der Waals surface area contributed by atoms with E-state index in [0.29, 0.717) is 5.82 Å². The number of nitrogens with zero attached hydrogens (tertiary/aromatic N) is 5. The number of fused-ring (bicyclic) bond motifs is 1. The first kappa shape index (κ1) is 9.38. The molecule has 6 nitrogen and oxygen atoms in total. The van der Waals surface area contributed by atoms with Crippen LogP contribution in [0.1, 0.15) is 19.3 Å². The number of hydrogen-bond donors (Lipinski definition) is 1. The van der Waals surface area contributed by atoms with Crippen LogP contribution in [0.25, 0.3) is 5.65 Å². The summed E-state index contributed by atoms with van der Waals surface area (Å²) >= 11 is 0.